The fourth-order valence-electron chi connectivity index (χ4n) is 2.56. The molecule has 1 aromatic carbocycles. The molecule has 1 aliphatic rings. The highest BCUT2D eigenvalue weighted by molar-refractivity contribution is 8.00. The molecule has 0 aromatic heterocycles. The van der Waals surface area contributed by atoms with Crippen LogP contribution >= 0.6 is 23.4 Å². The lowest BCUT2D eigenvalue weighted by molar-refractivity contribution is -0.119. The van der Waals surface area contributed by atoms with E-state index < -0.39 is 0 Å². The quantitative estimate of drug-likeness (QED) is 0.658. The van der Waals surface area contributed by atoms with Crippen molar-refractivity contribution in [3.05, 3.63) is 23.2 Å². The zero-order chi connectivity index (χ0) is 14.5. The van der Waals surface area contributed by atoms with Crippen LogP contribution in [-0.4, -0.2) is 17.7 Å². The lowest BCUT2D eigenvalue weighted by atomic mass is 9.86. The van der Waals surface area contributed by atoms with E-state index in [2.05, 4.69) is 12.2 Å². The maximum atomic E-state index is 12.0. The Morgan fingerprint density at radius 3 is 2.90 bits per heavy atom. The SMILES string of the molecule is CC1CCCCC1NC(=O)CSc1ccc(N)cc1Cl. The number of nitrogens with two attached hydrogens (primary N) is 1. The number of hydrogen-bond acceptors (Lipinski definition) is 3. The molecule has 110 valence electrons. The van der Waals surface area contributed by atoms with Crippen LogP contribution in [-0.2, 0) is 4.79 Å². The van der Waals surface area contributed by atoms with Crippen molar-refractivity contribution < 1.29 is 4.79 Å². The second-order valence-corrected chi connectivity index (χ2v) is 6.84. The Hall–Kier alpha value is -0.870. The number of rotatable bonds is 4. The van der Waals surface area contributed by atoms with Crippen LogP contribution < -0.4 is 11.1 Å². The molecule has 0 heterocycles. The molecule has 3 nitrogen and oxygen atoms in total. The Kier molecular flexibility index (Phi) is 5.61. The molecule has 1 aliphatic carbocycles. The predicted molar refractivity (Wildman–Crippen MR) is 86.2 cm³/mol. The number of anilines is 1. The second kappa shape index (κ2) is 7.23. The Morgan fingerprint density at radius 1 is 1.45 bits per heavy atom. The van der Waals surface area contributed by atoms with Crippen molar-refractivity contribution in [2.24, 2.45) is 5.92 Å². The summed E-state index contributed by atoms with van der Waals surface area (Å²) in [6.45, 7) is 2.22. The molecular weight excluding hydrogens is 292 g/mol. The monoisotopic (exact) mass is 312 g/mol. The van der Waals surface area contributed by atoms with Crippen molar-refractivity contribution in [2.75, 3.05) is 11.5 Å². The second-order valence-electron chi connectivity index (χ2n) is 5.41. The average Bonchev–Trinajstić information content (AvgIpc) is 2.40. The van der Waals surface area contributed by atoms with Gasteiger partial charge in [0.1, 0.15) is 0 Å². The molecule has 0 aliphatic heterocycles. The van der Waals surface area contributed by atoms with Gasteiger partial charge < -0.3 is 11.1 Å². The summed E-state index contributed by atoms with van der Waals surface area (Å²) in [5, 5.41) is 3.75. The summed E-state index contributed by atoms with van der Waals surface area (Å²) in [7, 11) is 0. The fraction of sp³-hybridized carbons (Fsp3) is 0.533. The minimum Gasteiger partial charge on any atom is -0.399 e. The maximum absolute atomic E-state index is 12.0. The molecule has 0 bridgehead atoms. The minimum atomic E-state index is 0.0849. The maximum Gasteiger partial charge on any atom is 0.230 e. The third-order valence-electron chi connectivity index (χ3n) is 3.77. The van der Waals surface area contributed by atoms with Crippen LogP contribution in [0.3, 0.4) is 0 Å². The molecule has 1 aromatic rings. The summed E-state index contributed by atoms with van der Waals surface area (Å²) in [5.41, 5.74) is 6.29. The third kappa shape index (κ3) is 4.32. The smallest absolute Gasteiger partial charge is 0.230 e. The first kappa shape index (κ1) is 15.5. The van der Waals surface area contributed by atoms with Gasteiger partial charge in [-0.25, -0.2) is 0 Å². The van der Waals surface area contributed by atoms with E-state index in [1.807, 2.05) is 6.07 Å². The van der Waals surface area contributed by atoms with Crippen LogP contribution in [0.15, 0.2) is 23.1 Å². The molecule has 3 N–H and O–H groups in total. The van der Waals surface area contributed by atoms with Crippen LogP contribution in [0.2, 0.25) is 5.02 Å². The van der Waals surface area contributed by atoms with Gasteiger partial charge in [-0.2, -0.15) is 0 Å². The van der Waals surface area contributed by atoms with Crippen molar-refractivity contribution >= 4 is 35.0 Å². The van der Waals surface area contributed by atoms with Gasteiger partial charge in [0.2, 0.25) is 5.91 Å². The number of carbonyl (C=O) groups excluding carboxylic acids is 1. The summed E-state index contributed by atoms with van der Waals surface area (Å²) in [5.74, 6) is 1.06. The molecular formula is C15H21ClN2OS. The molecule has 2 unspecified atom stereocenters. The summed E-state index contributed by atoms with van der Waals surface area (Å²) < 4.78 is 0. The van der Waals surface area contributed by atoms with Crippen molar-refractivity contribution in [3.8, 4) is 0 Å². The van der Waals surface area contributed by atoms with E-state index in [-0.39, 0.29) is 5.91 Å². The van der Waals surface area contributed by atoms with Gasteiger partial charge in [-0.1, -0.05) is 31.4 Å². The Balaban J connectivity index is 1.82. The van der Waals surface area contributed by atoms with Gasteiger partial charge in [0.05, 0.1) is 10.8 Å². The first-order valence-electron chi connectivity index (χ1n) is 7.03. The van der Waals surface area contributed by atoms with Gasteiger partial charge >= 0.3 is 0 Å². The first-order valence-corrected chi connectivity index (χ1v) is 8.40. The molecule has 0 radical (unpaired) electrons. The van der Waals surface area contributed by atoms with Gasteiger partial charge in [0.15, 0.2) is 0 Å². The third-order valence-corrected chi connectivity index (χ3v) is 5.27. The van der Waals surface area contributed by atoms with Crippen LogP contribution in [0, 0.1) is 5.92 Å². The van der Waals surface area contributed by atoms with Gasteiger partial charge in [-0.15, -0.1) is 11.8 Å². The lowest BCUT2D eigenvalue weighted by Crippen LogP contribution is -2.41. The number of benzene rings is 1. The molecule has 1 amide bonds. The van der Waals surface area contributed by atoms with Crippen LogP contribution in [0.5, 0.6) is 0 Å². The predicted octanol–water partition coefficient (Wildman–Crippen LogP) is 3.71. The highest BCUT2D eigenvalue weighted by Gasteiger charge is 2.22. The number of thioether (sulfide) groups is 1. The minimum absolute atomic E-state index is 0.0849. The number of nitrogens with one attached hydrogen (secondary N) is 1. The number of halogens is 1. The zero-order valence-corrected chi connectivity index (χ0v) is 13.3. The fourth-order valence-corrected chi connectivity index (χ4v) is 3.64. The van der Waals surface area contributed by atoms with Crippen LogP contribution in [0.4, 0.5) is 5.69 Å². The Bertz CT molecular complexity index is 481. The van der Waals surface area contributed by atoms with E-state index in [9.17, 15) is 4.79 Å². The largest absolute Gasteiger partial charge is 0.399 e. The van der Waals surface area contributed by atoms with Gasteiger partial charge in [-0.05, 0) is 37.0 Å². The normalized spacial score (nSPS) is 22.5. The number of nitrogen functional groups attached to an aromatic ring is 1. The highest BCUT2D eigenvalue weighted by atomic mass is 35.5. The summed E-state index contributed by atoms with van der Waals surface area (Å²) >= 11 is 7.55. The standard InChI is InChI=1S/C15H21ClN2OS/c1-10-4-2-3-5-13(10)18-15(19)9-20-14-7-6-11(17)8-12(14)16/h6-8,10,13H,2-5,9,17H2,1H3,(H,18,19). The van der Waals surface area contributed by atoms with E-state index in [0.717, 1.165) is 11.3 Å². The van der Waals surface area contributed by atoms with Crippen LogP contribution in [0.25, 0.3) is 0 Å². The highest BCUT2D eigenvalue weighted by Crippen LogP contribution is 2.29. The zero-order valence-electron chi connectivity index (χ0n) is 11.7. The molecule has 2 atom stereocenters. The van der Waals surface area contributed by atoms with E-state index in [0.29, 0.717) is 28.4 Å². The number of carbonyl (C=O) groups is 1. The molecule has 0 spiro atoms. The van der Waals surface area contributed by atoms with Crippen molar-refractivity contribution in [3.63, 3.8) is 0 Å². The molecule has 2 rings (SSSR count). The Labute approximate surface area is 129 Å². The van der Waals surface area contributed by atoms with E-state index in [4.69, 9.17) is 17.3 Å². The van der Waals surface area contributed by atoms with Gasteiger partial charge in [0.25, 0.3) is 0 Å². The van der Waals surface area contributed by atoms with E-state index >= 15 is 0 Å². The molecule has 5 heteroatoms. The molecule has 1 fully saturated rings. The van der Waals surface area contributed by atoms with Gasteiger partial charge in [0, 0.05) is 16.6 Å². The van der Waals surface area contributed by atoms with E-state index in [1.165, 1.54) is 31.0 Å². The molecule has 0 saturated heterocycles. The molecule has 20 heavy (non-hydrogen) atoms. The van der Waals surface area contributed by atoms with Gasteiger partial charge in [-0.3, -0.25) is 4.79 Å². The molecule has 1 saturated carbocycles. The van der Waals surface area contributed by atoms with E-state index in [1.54, 1.807) is 12.1 Å². The van der Waals surface area contributed by atoms with Crippen molar-refractivity contribution in [2.45, 2.75) is 43.5 Å². The summed E-state index contributed by atoms with van der Waals surface area (Å²) in [6.07, 6.45) is 4.80. The summed E-state index contributed by atoms with van der Waals surface area (Å²) in [4.78, 5) is 12.9. The average molecular weight is 313 g/mol. The number of amides is 1. The van der Waals surface area contributed by atoms with Crippen molar-refractivity contribution in [1.82, 2.24) is 5.32 Å². The first-order chi connectivity index (χ1) is 9.56. The topological polar surface area (TPSA) is 55.1 Å². The Morgan fingerprint density at radius 2 is 2.20 bits per heavy atom. The van der Waals surface area contributed by atoms with Crippen LogP contribution in [0.1, 0.15) is 32.6 Å². The number of hydrogen-bond donors (Lipinski definition) is 2. The summed E-state index contributed by atoms with van der Waals surface area (Å²) in [6, 6.07) is 5.71. The lowest BCUT2D eigenvalue weighted by Gasteiger charge is -2.29. The van der Waals surface area contributed by atoms with Crippen molar-refractivity contribution in [1.29, 1.82) is 0 Å².